The number of rotatable bonds is 40. The van der Waals surface area contributed by atoms with E-state index in [2.05, 4.69) is 141 Å². The van der Waals surface area contributed by atoms with Gasteiger partial charge in [0.2, 0.25) is 0 Å². The Labute approximate surface area is 382 Å². The number of carboxylic acids is 1. The lowest BCUT2D eigenvalue weighted by molar-refractivity contribution is -0.870. The lowest BCUT2D eigenvalue weighted by Crippen LogP contribution is -2.44. The number of carboxylic acid groups (broad SMARTS) is 1. The molecule has 0 spiro atoms. The van der Waals surface area contributed by atoms with Gasteiger partial charge in [0.05, 0.1) is 40.3 Å². The van der Waals surface area contributed by atoms with Crippen molar-refractivity contribution in [2.75, 3.05) is 47.5 Å². The maximum Gasteiger partial charge on any atom is 0.306 e. The van der Waals surface area contributed by atoms with E-state index < -0.39 is 30.3 Å². The van der Waals surface area contributed by atoms with Crippen LogP contribution in [0.25, 0.3) is 0 Å². The van der Waals surface area contributed by atoms with Crippen LogP contribution >= 0.6 is 0 Å². The predicted octanol–water partition coefficient (Wildman–Crippen LogP) is 11.4. The molecular formula is C54H83NO8. The van der Waals surface area contributed by atoms with E-state index in [-0.39, 0.29) is 32.7 Å². The summed E-state index contributed by atoms with van der Waals surface area (Å²) in [4.78, 5) is 37.0. The first-order chi connectivity index (χ1) is 30.6. The van der Waals surface area contributed by atoms with Gasteiger partial charge in [0.1, 0.15) is 13.2 Å². The van der Waals surface area contributed by atoms with Gasteiger partial charge in [-0.1, -0.05) is 148 Å². The number of aliphatic carboxylic acids is 1. The van der Waals surface area contributed by atoms with E-state index in [1.54, 1.807) is 0 Å². The van der Waals surface area contributed by atoms with Crippen molar-refractivity contribution in [2.24, 2.45) is 0 Å². The molecule has 0 aromatic heterocycles. The molecule has 0 rings (SSSR count). The molecule has 0 aromatic carbocycles. The Balaban J connectivity index is 4.61. The molecular weight excluding hydrogens is 791 g/mol. The molecule has 0 aliphatic rings. The second kappa shape index (κ2) is 44.1. The summed E-state index contributed by atoms with van der Waals surface area (Å²) in [5.41, 5.74) is 0. The highest BCUT2D eigenvalue weighted by molar-refractivity contribution is 5.70. The summed E-state index contributed by atoms with van der Waals surface area (Å²) in [6.45, 7) is 4.35. The third-order valence-electron chi connectivity index (χ3n) is 8.89. The first kappa shape index (κ1) is 58.4. The van der Waals surface area contributed by atoms with Crippen molar-refractivity contribution in [3.63, 3.8) is 0 Å². The monoisotopic (exact) mass is 874 g/mol. The molecule has 0 radical (unpaired) electrons. The second-order valence-electron chi connectivity index (χ2n) is 15.9. The Hall–Kier alpha value is -4.57. The van der Waals surface area contributed by atoms with Gasteiger partial charge in [0, 0.05) is 12.8 Å². The van der Waals surface area contributed by atoms with E-state index in [9.17, 15) is 19.5 Å². The maximum absolute atomic E-state index is 12.8. The molecule has 0 bridgehead atoms. The minimum atomic E-state index is -1.65. The molecule has 352 valence electrons. The summed E-state index contributed by atoms with van der Waals surface area (Å²) in [6.07, 6.45) is 59.3. The zero-order chi connectivity index (χ0) is 46.3. The van der Waals surface area contributed by atoms with Crippen LogP contribution in [0.15, 0.2) is 134 Å². The zero-order valence-corrected chi connectivity index (χ0v) is 39.6. The fourth-order valence-electron chi connectivity index (χ4n) is 5.34. The van der Waals surface area contributed by atoms with Crippen LogP contribution in [0.5, 0.6) is 0 Å². The number of carbonyl (C=O) groups excluding carboxylic acids is 3. The van der Waals surface area contributed by atoms with Gasteiger partial charge in [-0.05, 0) is 103 Å². The molecule has 0 fully saturated rings. The number of quaternary nitrogens is 1. The molecule has 2 unspecified atom stereocenters. The third-order valence-corrected chi connectivity index (χ3v) is 8.89. The highest BCUT2D eigenvalue weighted by Crippen LogP contribution is 2.09. The van der Waals surface area contributed by atoms with Crippen LogP contribution in [0.1, 0.15) is 129 Å². The van der Waals surface area contributed by atoms with Crippen LogP contribution in [0.3, 0.4) is 0 Å². The Morgan fingerprint density at radius 1 is 0.476 bits per heavy atom. The van der Waals surface area contributed by atoms with Crippen LogP contribution in [0.4, 0.5) is 0 Å². The van der Waals surface area contributed by atoms with Crippen LogP contribution in [-0.4, -0.2) is 82.3 Å². The van der Waals surface area contributed by atoms with Crippen molar-refractivity contribution < 1.29 is 42.9 Å². The Morgan fingerprint density at radius 2 is 0.857 bits per heavy atom. The number of likely N-dealkylation sites (N-methyl/N-ethyl adjacent to an activating group) is 1. The maximum atomic E-state index is 12.8. The average molecular weight is 874 g/mol. The van der Waals surface area contributed by atoms with Gasteiger partial charge in [0.25, 0.3) is 0 Å². The first-order valence-corrected chi connectivity index (χ1v) is 23.3. The fraction of sp³-hybridized carbons (Fsp3) is 0.537. The minimum Gasteiger partial charge on any atom is -0.545 e. The molecule has 9 heteroatoms. The molecule has 0 aromatic rings. The molecule has 0 saturated heterocycles. The minimum absolute atomic E-state index is 0.121. The van der Waals surface area contributed by atoms with Crippen molar-refractivity contribution in [1.82, 2.24) is 0 Å². The summed E-state index contributed by atoms with van der Waals surface area (Å²) in [5.74, 6) is -2.45. The number of carbonyl (C=O) groups is 3. The number of unbranched alkanes of at least 4 members (excludes halogenated alkanes) is 3. The number of esters is 2. The largest absolute Gasteiger partial charge is 0.545 e. The third kappa shape index (κ3) is 45.3. The van der Waals surface area contributed by atoms with Crippen molar-refractivity contribution in [3.8, 4) is 0 Å². The van der Waals surface area contributed by atoms with Crippen LogP contribution in [0, 0.1) is 0 Å². The number of hydrogen-bond acceptors (Lipinski definition) is 8. The van der Waals surface area contributed by atoms with Crippen molar-refractivity contribution in [2.45, 2.75) is 142 Å². The molecule has 0 saturated carbocycles. The summed E-state index contributed by atoms with van der Waals surface area (Å²) in [5, 5.41) is 11.7. The standard InChI is InChI=1S/C54H83NO8/c1-6-8-10-12-14-16-18-20-22-23-24-25-26-27-28-29-31-33-35-37-39-41-43-45-52(57)63-50(49-62-54(53(58)59)60-47-46-55(3,4)5)48-61-51(56)44-42-40-38-36-34-32-30-21-19-17-15-13-11-9-7-2/h8-11,14-17,20-22,24-25,27-28,30-31,33-34,36-37,39,50,54H,6-7,12-13,18-19,23,26,29,32,35,38,40-49H2,1-5H3/b10-8-,11-9-,16-14-,17-15-,22-20-,25-24-,28-27-,30-21-,33-31-,36-34-,39-37-. The van der Waals surface area contributed by atoms with E-state index in [0.717, 1.165) is 83.5 Å². The van der Waals surface area contributed by atoms with E-state index in [0.29, 0.717) is 30.3 Å². The molecule has 0 aliphatic carbocycles. The quantitative estimate of drug-likeness (QED) is 0.0197. The zero-order valence-electron chi connectivity index (χ0n) is 39.6. The van der Waals surface area contributed by atoms with Crippen molar-refractivity contribution >= 4 is 17.9 Å². The predicted molar refractivity (Wildman–Crippen MR) is 259 cm³/mol. The SMILES string of the molecule is CC/C=C\C/C=C\C/C=C\C/C=C\C/C=C\C/C=C\C/C=C\CCCC(=O)OC(COC(=O)CCCC/C=C\C/C=C\C/C=C\C/C=C\CC)COC(OCC[N+](C)(C)C)C(=O)[O-]. The van der Waals surface area contributed by atoms with Crippen molar-refractivity contribution in [3.05, 3.63) is 134 Å². The average Bonchev–Trinajstić information content (AvgIpc) is 3.24. The number of nitrogens with zero attached hydrogens (tertiary/aromatic N) is 1. The smallest absolute Gasteiger partial charge is 0.306 e. The summed E-state index contributed by atoms with van der Waals surface area (Å²) in [7, 11) is 5.86. The summed E-state index contributed by atoms with van der Waals surface area (Å²) < 4.78 is 22.4. The lowest BCUT2D eigenvalue weighted by atomic mass is 10.2. The molecule has 2 atom stereocenters. The van der Waals surface area contributed by atoms with Gasteiger partial charge in [-0.25, -0.2) is 0 Å². The highest BCUT2D eigenvalue weighted by atomic mass is 16.7. The molecule has 0 aliphatic heterocycles. The van der Waals surface area contributed by atoms with Gasteiger partial charge < -0.3 is 33.3 Å². The normalized spacial score (nSPS) is 14.1. The highest BCUT2D eigenvalue weighted by Gasteiger charge is 2.21. The molecule has 0 amide bonds. The Morgan fingerprint density at radius 3 is 1.25 bits per heavy atom. The van der Waals surface area contributed by atoms with Crippen LogP contribution < -0.4 is 5.11 Å². The first-order valence-electron chi connectivity index (χ1n) is 23.3. The topological polar surface area (TPSA) is 111 Å². The van der Waals surface area contributed by atoms with Gasteiger partial charge in [-0.2, -0.15) is 0 Å². The van der Waals surface area contributed by atoms with Gasteiger partial charge in [-0.3, -0.25) is 9.59 Å². The number of ether oxygens (including phenoxy) is 4. The van der Waals surface area contributed by atoms with E-state index in [1.807, 2.05) is 27.2 Å². The molecule has 0 N–H and O–H groups in total. The van der Waals surface area contributed by atoms with Crippen molar-refractivity contribution in [1.29, 1.82) is 0 Å². The van der Waals surface area contributed by atoms with Crippen LogP contribution in [-0.2, 0) is 33.3 Å². The second-order valence-corrected chi connectivity index (χ2v) is 15.9. The Kier molecular flexibility index (Phi) is 40.9. The number of hydrogen-bond donors (Lipinski definition) is 0. The van der Waals surface area contributed by atoms with E-state index in [1.165, 1.54) is 0 Å². The van der Waals surface area contributed by atoms with E-state index in [4.69, 9.17) is 18.9 Å². The van der Waals surface area contributed by atoms with Gasteiger partial charge in [-0.15, -0.1) is 0 Å². The molecule has 9 nitrogen and oxygen atoms in total. The lowest BCUT2D eigenvalue weighted by Gasteiger charge is -2.26. The summed E-state index contributed by atoms with van der Waals surface area (Å²) in [6, 6.07) is 0. The van der Waals surface area contributed by atoms with Crippen LogP contribution in [0.2, 0.25) is 0 Å². The van der Waals surface area contributed by atoms with E-state index >= 15 is 0 Å². The van der Waals surface area contributed by atoms with Gasteiger partial charge >= 0.3 is 11.9 Å². The van der Waals surface area contributed by atoms with Gasteiger partial charge in [0.15, 0.2) is 12.4 Å². The summed E-state index contributed by atoms with van der Waals surface area (Å²) >= 11 is 0. The Bertz CT molecular complexity index is 1480. The molecule has 0 heterocycles. The molecule has 63 heavy (non-hydrogen) atoms. The fourth-order valence-corrected chi connectivity index (χ4v) is 5.34. The number of allylic oxidation sites excluding steroid dienone is 22.